The van der Waals surface area contributed by atoms with Crippen molar-refractivity contribution in [1.82, 2.24) is 21.3 Å². The van der Waals surface area contributed by atoms with E-state index < -0.39 is 0 Å². The fourth-order valence-corrected chi connectivity index (χ4v) is 1.34. The Labute approximate surface area is 216 Å². The summed E-state index contributed by atoms with van der Waals surface area (Å²) in [6.45, 7) is 5.07. The summed E-state index contributed by atoms with van der Waals surface area (Å²) in [6.07, 6.45) is 0. The molecule has 0 aliphatic heterocycles. The van der Waals surface area contributed by atoms with Crippen LogP contribution in [0.25, 0.3) is 0 Å². The Morgan fingerprint density at radius 1 is 0.667 bits per heavy atom. The molecule has 0 bridgehead atoms. The quantitative estimate of drug-likeness (QED) is 0.138. The monoisotopic (exact) mass is 374 g/mol. The van der Waals surface area contributed by atoms with Gasteiger partial charge in [-0.2, -0.15) is 0 Å². The van der Waals surface area contributed by atoms with E-state index in [4.69, 9.17) is 49.7 Å². The first-order valence-electron chi connectivity index (χ1n) is 4.94. The van der Waals surface area contributed by atoms with Crippen molar-refractivity contribution in [2.24, 2.45) is 0 Å². The molecule has 0 aliphatic carbocycles. The average molecular weight is 375 g/mol. The van der Waals surface area contributed by atoms with Gasteiger partial charge in [0.1, 0.15) is 0 Å². The number of rotatable bonds is 9. The van der Waals surface area contributed by atoms with Gasteiger partial charge in [-0.3, -0.25) is 0 Å². The second-order valence-corrected chi connectivity index (χ2v) is 5.08. The van der Waals surface area contributed by atoms with Gasteiger partial charge in [-0.1, -0.05) is 8.64 Å². The molecule has 0 amide bonds. The van der Waals surface area contributed by atoms with Gasteiger partial charge >= 0.3 is 103 Å². The topological polar surface area (TPSA) is 48.1 Å². The van der Waals surface area contributed by atoms with Crippen molar-refractivity contribution in [2.75, 3.05) is 39.3 Å². The van der Waals surface area contributed by atoms with Crippen molar-refractivity contribution < 1.29 is 103 Å². The van der Waals surface area contributed by atoms with E-state index in [-0.39, 0.29) is 103 Å². The van der Waals surface area contributed by atoms with Crippen molar-refractivity contribution in [2.45, 2.75) is 0 Å². The maximum Gasteiger partial charge on any atom is 1.00 e. The second kappa shape index (κ2) is 20.4. The molecule has 0 aliphatic rings. The molecule has 0 atom stereocenters. The molecule has 0 saturated carbocycles. The standard InChI is InChI=1S/C8H18N4S4.2K/c13-7(14)11-5-3-9-1-2-10-4-6-12-8(15)16;;/h9-10H,1-6H2,(H2,11,13,14)(H2,12,15,16);;/q;2*+1/p-2. The summed E-state index contributed by atoms with van der Waals surface area (Å²) in [5.41, 5.74) is 0. The van der Waals surface area contributed by atoms with Crippen LogP contribution in [-0.4, -0.2) is 47.9 Å². The second-order valence-electron chi connectivity index (χ2n) is 2.93. The molecule has 0 rings (SSSR count). The molecule has 0 aromatic rings. The summed E-state index contributed by atoms with van der Waals surface area (Å²) in [5, 5.41) is 12.3. The fourth-order valence-electron chi connectivity index (χ4n) is 0.933. The maximum absolute atomic E-state index is 4.70. The van der Waals surface area contributed by atoms with E-state index in [0.717, 1.165) is 39.3 Å². The van der Waals surface area contributed by atoms with Crippen LogP contribution in [0.3, 0.4) is 0 Å². The van der Waals surface area contributed by atoms with Gasteiger partial charge in [0.05, 0.1) is 0 Å². The van der Waals surface area contributed by atoms with Crippen LogP contribution in [0, 0.1) is 0 Å². The van der Waals surface area contributed by atoms with Crippen LogP contribution in [0.2, 0.25) is 0 Å². The predicted octanol–water partition coefficient (Wildman–Crippen LogP) is -6.98. The number of hydrogen-bond donors (Lipinski definition) is 4. The summed E-state index contributed by atoms with van der Waals surface area (Å²) in [6, 6.07) is 0. The Morgan fingerprint density at radius 3 is 1.22 bits per heavy atom. The maximum atomic E-state index is 4.70. The number of hydrogen-bond acceptors (Lipinski definition) is 6. The molecule has 4 N–H and O–H groups in total. The van der Waals surface area contributed by atoms with Crippen LogP contribution in [0.5, 0.6) is 0 Å². The van der Waals surface area contributed by atoms with E-state index in [2.05, 4.69) is 21.3 Å². The van der Waals surface area contributed by atoms with Crippen molar-refractivity contribution in [3.63, 3.8) is 0 Å². The van der Waals surface area contributed by atoms with Gasteiger partial charge in [0.25, 0.3) is 0 Å². The third-order valence-corrected chi connectivity index (χ3v) is 2.20. The molecular weight excluding hydrogens is 359 g/mol. The van der Waals surface area contributed by atoms with Crippen LogP contribution >= 0.6 is 24.4 Å². The van der Waals surface area contributed by atoms with Crippen LogP contribution in [0.1, 0.15) is 0 Å². The van der Waals surface area contributed by atoms with E-state index in [1.54, 1.807) is 0 Å². The summed E-state index contributed by atoms with van der Waals surface area (Å²) < 4.78 is 0.844. The number of thiocarbonyl (C=S) groups is 2. The van der Waals surface area contributed by atoms with E-state index in [0.29, 0.717) is 8.64 Å². The SMILES string of the molecule is S=C([S-])NCCNCCNCCNC(=S)[S-].[K+].[K+]. The van der Waals surface area contributed by atoms with Crippen molar-refractivity contribution in [3.8, 4) is 0 Å². The van der Waals surface area contributed by atoms with Crippen LogP contribution in [-0.2, 0) is 25.3 Å². The minimum Gasteiger partial charge on any atom is -0.412 e. The van der Waals surface area contributed by atoms with Gasteiger partial charge in [-0.25, -0.2) is 0 Å². The molecular formula is C8H16K2N4S4. The minimum atomic E-state index is 0. The molecule has 94 valence electrons. The zero-order valence-electron chi connectivity index (χ0n) is 10.9. The summed E-state index contributed by atoms with van der Waals surface area (Å²) >= 11 is 18.8. The Hall–Kier alpha value is 3.41. The third kappa shape index (κ3) is 24.4. The average Bonchev–Trinajstić information content (AvgIpc) is 2.20. The van der Waals surface area contributed by atoms with Crippen molar-refractivity contribution in [3.05, 3.63) is 0 Å². The van der Waals surface area contributed by atoms with Crippen molar-refractivity contribution in [1.29, 1.82) is 0 Å². The van der Waals surface area contributed by atoms with Gasteiger partial charge in [-0.15, -0.1) is 0 Å². The molecule has 4 nitrogen and oxygen atoms in total. The zero-order valence-corrected chi connectivity index (χ0v) is 20.4. The van der Waals surface area contributed by atoms with Crippen LogP contribution < -0.4 is 124 Å². The fraction of sp³-hybridized carbons (Fsp3) is 0.750. The van der Waals surface area contributed by atoms with Gasteiger partial charge in [-0.05, 0) is 0 Å². The predicted molar refractivity (Wildman–Crippen MR) is 81.7 cm³/mol. The smallest absolute Gasteiger partial charge is 0.412 e. The minimum absolute atomic E-state index is 0. The first-order chi connectivity index (χ1) is 7.63. The van der Waals surface area contributed by atoms with E-state index in [9.17, 15) is 0 Å². The first kappa shape index (κ1) is 26.3. The van der Waals surface area contributed by atoms with Crippen LogP contribution in [0.4, 0.5) is 0 Å². The summed E-state index contributed by atoms with van der Waals surface area (Å²) in [4.78, 5) is 0. The molecule has 10 heteroatoms. The zero-order chi connectivity index (χ0) is 12.2. The van der Waals surface area contributed by atoms with Gasteiger partial charge < -0.3 is 71.0 Å². The molecule has 18 heavy (non-hydrogen) atoms. The molecule has 0 fully saturated rings. The summed E-state index contributed by atoms with van der Waals surface area (Å²) in [7, 11) is 0. The summed E-state index contributed by atoms with van der Waals surface area (Å²) in [5.74, 6) is 0. The largest absolute Gasteiger partial charge is 1.00 e. The molecule has 0 aromatic carbocycles. The van der Waals surface area contributed by atoms with E-state index in [1.807, 2.05) is 0 Å². The Bertz CT molecular complexity index is 199. The third-order valence-electron chi connectivity index (χ3n) is 1.62. The number of nitrogens with one attached hydrogen (secondary N) is 4. The normalized spacial score (nSPS) is 8.67. The van der Waals surface area contributed by atoms with Gasteiger partial charge in [0, 0.05) is 39.3 Å². The molecule has 0 saturated heterocycles. The molecule has 0 radical (unpaired) electrons. The van der Waals surface area contributed by atoms with Crippen molar-refractivity contribution >= 4 is 58.3 Å². The van der Waals surface area contributed by atoms with E-state index in [1.165, 1.54) is 0 Å². The Balaban J connectivity index is -0.00000112. The van der Waals surface area contributed by atoms with Gasteiger partial charge in [0.15, 0.2) is 0 Å². The Morgan fingerprint density at radius 2 is 0.944 bits per heavy atom. The first-order valence-corrected chi connectivity index (χ1v) is 6.57. The Kier molecular flexibility index (Phi) is 29.8. The van der Waals surface area contributed by atoms with Crippen LogP contribution in [0.15, 0.2) is 0 Å². The van der Waals surface area contributed by atoms with Gasteiger partial charge in [0.2, 0.25) is 0 Å². The molecule has 0 spiro atoms. The molecule has 0 heterocycles. The van der Waals surface area contributed by atoms with E-state index >= 15 is 0 Å². The molecule has 0 unspecified atom stereocenters. The molecule has 0 aromatic heterocycles.